The number of thiophene rings is 1. The van der Waals surface area contributed by atoms with Crippen LogP contribution in [0.1, 0.15) is 23.5 Å². The number of carboxylic acids is 1. The second-order valence-corrected chi connectivity index (χ2v) is 7.16. The van der Waals surface area contributed by atoms with Gasteiger partial charge in [0.05, 0.1) is 15.2 Å². The van der Waals surface area contributed by atoms with E-state index in [9.17, 15) is 9.59 Å². The highest BCUT2D eigenvalue weighted by Gasteiger charge is 2.09. The average Bonchev–Trinajstić information content (AvgIpc) is 3.00. The lowest BCUT2D eigenvalue weighted by atomic mass is 10.2. The van der Waals surface area contributed by atoms with E-state index in [2.05, 4.69) is 4.98 Å². The van der Waals surface area contributed by atoms with Crippen LogP contribution in [0.25, 0.3) is 23.1 Å². The minimum Gasteiger partial charge on any atom is -0.481 e. The van der Waals surface area contributed by atoms with Crippen molar-refractivity contribution in [3.63, 3.8) is 0 Å². The fourth-order valence-corrected chi connectivity index (χ4v) is 3.46. The molecule has 0 amide bonds. The zero-order valence-electron chi connectivity index (χ0n) is 13.2. The van der Waals surface area contributed by atoms with E-state index in [0.29, 0.717) is 34.0 Å². The van der Waals surface area contributed by atoms with Gasteiger partial charge in [-0.05, 0) is 42.8 Å². The fourth-order valence-electron chi connectivity index (χ4n) is 2.49. The normalized spacial score (nSPS) is 11.4. The van der Waals surface area contributed by atoms with Crippen LogP contribution in [-0.4, -0.2) is 20.6 Å². The zero-order valence-corrected chi connectivity index (χ0v) is 14.8. The van der Waals surface area contributed by atoms with Crippen LogP contribution in [-0.2, 0) is 11.3 Å². The highest BCUT2D eigenvalue weighted by atomic mass is 35.5. The van der Waals surface area contributed by atoms with Gasteiger partial charge in [0, 0.05) is 17.8 Å². The third-order valence-electron chi connectivity index (χ3n) is 3.65. The van der Waals surface area contributed by atoms with Crippen LogP contribution in [0.5, 0.6) is 0 Å². The first-order valence-electron chi connectivity index (χ1n) is 7.69. The number of carbonyl (C=O) groups is 1. The van der Waals surface area contributed by atoms with Crippen molar-refractivity contribution in [3.8, 4) is 0 Å². The molecule has 0 aliphatic heterocycles. The van der Waals surface area contributed by atoms with Gasteiger partial charge in [-0.1, -0.05) is 23.7 Å². The van der Waals surface area contributed by atoms with Crippen molar-refractivity contribution < 1.29 is 9.90 Å². The number of aliphatic carboxylic acids is 1. The van der Waals surface area contributed by atoms with E-state index in [4.69, 9.17) is 16.7 Å². The van der Waals surface area contributed by atoms with Crippen LogP contribution in [0.2, 0.25) is 4.34 Å². The summed E-state index contributed by atoms with van der Waals surface area (Å²) >= 11 is 7.36. The summed E-state index contributed by atoms with van der Waals surface area (Å²) in [6.07, 6.45) is 3.97. The van der Waals surface area contributed by atoms with Gasteiger partial charge in [0.2, 0.25) is 0 Å². The Morgan fingerprint density at radius 1 is 1.24 bits per heavy atom. The van der Waals surface area contributed by atoms with E-state index >= 15 is 0 Å². The standard InChI is InChI=1S/C18H15ClN2O3S/c19-15-9-7-12(25-15)8-10-16-20-14-5-2-1-4-13(14)18(24)21(16)11-3-6-17(22)23/h1-2,4-5,7-10H,3,6,11H2,(H,22,23)/b10-8-. The number of aromatic nitrogens is 2. The summed E-state index contributed by atoms with van der Waals surface area (Å²) < 4.78 is 2.21. The first-order chi connectivity index (χ1) is 12.0. The smallest absolute Gasteiger partial charge is 0.303 e. The van der Waals surface area contributed by atoms with Crippen molar-refractivity contribution in [1.82, 2.24) is 9.55 Å². The van der Waals surface area contributed by atoms with Crippen LogP contribution in [0.3, 0.4) is 0 Å². The average molecular weight is 375 g/mol. The summed E-state index contributed by atoms with van der Waals surface area (Å²) in [5, 5.41) is 9.35. The van der Waals surface area contributed by atoms with Crippen molar-refractivity contribution in [2.45, 2.75) is 19.4 Å². The Morgan fingerprint density at radius 2 is 2.04 bits per heavy atom. The van der Waals surface area contributed by atoms with Gasteiger partial charge in [-0.3, -0.25) is 14.2 Å². The minimum atomic E-state index is -0.882. The molecule has 1 N–H and O–H groups in total. The van der Waals surface area contributed by atoms with Crippen LogP contribution in [0.15, 0.2) is 41.2 Å². The number of carboxylic acid groups (broad SMARTS) is 1. The van der Waals surface area contributed by atoms with E-state index in [1.165, 1.54) is 15.9 Å². The predicted molar refractivity (Wildman–Crippen MR) is 101 cm³/mol. The van der Waals surface area contributed by atoms with Gasteiger partial charge in [0.25, 0.3) is 5.56 Å². The van der Waals surface area contributed by atoms with Crippen LogP contribution in [0.4, 0.5) is 0 Å². The number of benzene rings is 1. The molecule has 0 spiro atoms. The molecule has 0 aliphatic rings. The number of halogens is 1. The molecule has 1 aromatic carbocycles. The number of nitrogens with zero attached hydrogens (tertiary/aromatic N) is 2. The van der Waals surface area contributed by atoms with E-state index in [1.54, 1.807) is 30.3 Å². The molecule has 7 heteroatoms. The van der Waals surface area contributed by atoms with E-state index in [1.807, 2.05) is 18.2 Å². The van der Waals surface area contributed by atoms with Gasteiger partial charge in [0.1, 0.15) is 5.82 Å². The summed E-state index contributed by atoms with van der Waals surface area (Å²) in [5.41, 5.74) is 0.450. The maximum absolute atomic E-state index is 12.8. The maximum Gasteiger partial charge on any atom is 0.303 e. The molecule has 0 unspecified atom stereocenters. The summed E-state index contributed by atoms with van der Waals surface area (Å²) in [6.45, 7) is 0.299. The van der Waals surface area contributed by atoms with Crippen LogP contribution < -0.4 is 5.56 Å². The predicted octanol–water partition coefficient (Wildman–Crippen LogP) is 4.15. The van der Waals surface area contributed by atoms with Gasteiger partial charge in [-0.15, -0.1) is 11.3 Å². The van der Waals surface area contributed by atoms with Crippen LogP contribution >= 0.6 is 22.9 Å². The van der Waals surface area contributed by atoms with Crippen molar-refractivity contribution in [3.05, 3.63) is 61.8 Å². The Labute approximate surface area is 152 Å². The number of rotatable bonds is 6. The Morgan fingerprint density at radius 3 is 2.76 bits per heavy atom. The van der Waals surface area contributed by atoms with E-state index in [0.717, 1.165) is 4.88 Å². The molecule has 3 aromatic rings. The molecule has 0 bridgehead atoms. The molecule has 5 nitrogen and oxygen atoms in total. The first-order valence-corrected chi connectivity index (χ1v) is 8.89. The third kappa shape index (κ3) is 4.15. The SMILES string of the molecule is O=C(O)CCCn1c(/C=C\c2ccc(Cl)s2)nc2ccccc2c1=O. The second-order valence-electron chi connectivity index (χ2n) is 5.42. The zero-order chi connectivity index (χ0) is 17.8. The molecule has 2 heterocycles. The molecule has 0 saturated carbocycles. The monoisotopic (exact) mass is 374 g/mol. The molecule has 0 saturated heterocycles. The Balaban J connectivity index is 2.02. The molecule has 0 radical (unpaired) electrons. The molecular formula is C18H15ClN2O3S. The number of para-hydroxylation sites is 1. The largest absolute Gasteiger partial charge is 0.481 e. The molecule has 3 rings (SSSR count). The molecule has 2 aromatic heterocycles. The highest BCUT2D eigenvalue weighted by molar-refractivity contribution is 7.17. The van der Waals surface area contributed by atoms with Crippen molar-refractivity contribution in [1.29, 1.82) is 0 Å². The number of hydrogen-bond acceptors (Lipinski definition) is 4. The summed E-state index contributed by atoms with van der Waals surface area (Å²) in [5.74, 6) is -0.384. The lowest BCUT2D eigenvalue weighted by Crippen LogP contribution is -2.24. The number of fused-ring (bicyclic) bond motifs is 1. The van der Waals surface area contributed by atoms with Crippen molar-refractivity contribution in [2.75, 3.05) is 0 Å². The summed E-state index contributed by atoms with van der Waals surface area (Å²) in [4.78, 5) is 29.0. The number of hydrogen-bond donors (Lipinski definition) is 1. The first kappa shape index (κ1) is 17.4. The Kier molecular flexibility index (Phi) is 5.31. The summed E-state index contributed by atoms with van der Waals surface area (Å²) in [6, 6.07) is 10.8. The minimum absolute atomic E-state index is 0.00293. The molecule has 0 aliphatic carbocycles. The summed E-state index contributed by atoms with van der Waals surface area (Å²) in [7, 11) is 0. The Hall–Kier alpha value is -2.44. The van der Waals surface area contributed by atoms with E-state index < -0.39 is 5.97 Å². The molecule has 128 valence electrons. The second kappa shape index (κ2) is 7.63. The molecule has 0 fully saturated rings. The van der Waals surface area contributed by atoms with Gasteiger partial charge in [-0.2, -0.15) is 0 Å². The molecule has 0 atom stereocenters. The van der Waals surface area contributed by atoms with Gasteiger partial charge >= 0.3 is 5.97 Å². The molecule has 25 heavy (non-hydrogen) atoms. The topological polar surface area (TPSA) is 72.2 Å². The van der Waals surface area contributed by atoms with Crippen molar-refractivity contribution >= 4 is 52.0 Å². The lowest BCUT2D eigenvalue weighted by Gasteiger charge is -2.10. The third-order valence-corrected chi connectivity index (χ3v) is 4.85. The lowest BCUT2D eigenvalue weighted by molar-refractivity contribution is -0.137. The van der Waals surface area contributed by atoms with E-state index in [-0.39, 0.29) is 12.0 Å². The molecular weight excluding hydrogens is 360 g/mol. The van der Waals surface area contributed by atoms with Crippen molar-refractivity contribution in [2.24, 2.45) is 0 Å². The maximum atomic E-state index is 12.8. The van der Waals surface area contributed by atoms with Gasteiger partial charge < -0.3 is 5.11 Å². The Bertz CT molecular complexity index is 1010. The fraction of sp³-hybridized carbons (Fsp3) is 0.167. The quantitative estimate of drug-likeness (QED) is 0.703. The van der Waals surface area contributed by atoms with Gasteiger partial charge in [0.15, 0.2) is 0 Å². The van der Waals surface area contributed by atoms with Gasteiger partial charge in [-0.25, -0.2) is 4.98 Å². The highest BCUT2D eigenvalue weighted by Crippen LogP contribution is 2.23. The van der Waals surface area contributed by atoms with Crippen LogP contribution in [0, 0.1) is 0 Å².